The zero-order valence-corrected chi connectivity index (χ0v) is 10.4. The number of carbonyl (C=O) groups excluding carboxylic acids is 1. The Bertz CT molecular complexity index is 425. The number of Topliss-reactive ketones (excluding diaryl/α,β-unsaturated/α-hetero) is 1. The first-order chi connectivity index (χ1) is 8.70. The average molecular weight is 252 g/mol. The van der Waals surface area contributed by atoms with Crippen LogP contribution in [0.4, 0.5) is 4.39 Å². The van der Waals surface area contributed by atoms with Crippen LogP contribution in [0.3, 0.4) is 0 Å². The molecule has 2 rings (SSSR count). The first-order valence-electron chi connectivity index (χ1n) is 6.15. The van der Waals surface area contributed by atoms with Crippen LogP contribution in [0, 0.1) is 5.82 Å². The number of methoxy groups -OCH3 is 1. The van der Waals surface area contributed by atoms with Gasteiger partial charge < -0.3 is 9.47 Å². The van der Waals surface area contributed by atoms with E-state index in [4.69, 9.17) is 9.47 Å². The molecule has 3 nitrogen and oxygen atoms in total. The molecule has 1 aromatic rings. The highest BCUT2D eigenvalue weighted by Gasteiger charge is 2.20. The smallest absolute Gasteiger partial charge is 0.168 e. The summed E-state index contributed by atoms with van der Waals surface area (Å²) in [4.78, 5) is 11.8. The van der Waals surface area contributed by atoms with Crippen LogP contribution in [0.25, 0.3) is 0 Å². The fourth-order valence-corrected chi connectivity index (χ4v) is 2.19. The predicted molar refractivity (Wildman–Crippen MR) is 65.3 cm³/mol. The molecule has 0 aromatic heterocycles. The second-order valence-corrected chi connectivity index (χ2v) is 4.49. The molecule has 0 spiro atoms. The molecular weight excluding hydrogens is 235 g/mol. The molecule has 1 aromatic carbocycles. The highest BCUT2D eigenvalue weighted by Crippen LogP contribution is 2.22. The van der Waals surface area contributed by atoms with Crippen LogP contribution in [0.5, 0.6) is 5.75 Å². The summed E-state index contributed by atoms with van der Waals surface area (Å²) >= 11 is 0. The molecular formula is C14H17FO3. The summed E-state index contributed by atoms with van der Waals surface area (Å²) in [6.45, 7) is 0.728. The van der Waals surface area contributed by atoms with Crippen molar-refractivity contribution < 1.29 is 18.7 Å². The molecule has 1 unspecified atom stereocenters. The van der Waals surface area contributed by atoms with Gasteiger partial charge in [-0.2, -0.15) is 0 Å². The third-order valence-electron chi connectivity index (χ3n) is 3.13. The molecule has 1 saturated heterocycles. The largest absolute Gasteiger partial charge is 0.494 e. The molecule has 1 aliphatic heterocycles. The molecule has 1 fully saturated rings. The van der Waals surface area contributed by atoms with Gasteiger partial charge in [-0.25, -0.2) is 4.39 Å². The predicted octanol–water partition coefficient (Wildman–Crippen LogP) is 2.52. The minimum absolute atomic E-state index is 0.00838. The van der Waals surface area contributed by atoms with Gasteiger partial charge in [0.25, 0.3) is 0 Å². The number of halogens is 1. The normalized spacial score (nSPS) is 18.9. The quantitative estimate of drug-likeness (QED) is 0.807. The molecule has 0 amide bonds. The van der Waals surface area contributed by atoms with Gasteiger partial charge in [-0.3, -0.25) is 4.79 Å². The van der Waals surface area contributed by atoms with Crippen LogP contribution < -0.4 is 4.74 Å². The van der Waals surface area contributed by atoms with Crippen molar-refractivity contribution in [2.24, 2.45) is 0 Å². The van der Waals surface area contributed by atoms with Crippen molar-refractivity contribution in [2.45, 2.75) is 31.8 Å². The third kappa shape index (κ3) is 3.07. The molecule has 18 heavy (non-hydrogen) atoms. The fourth-order valence-electron chi connectivity index (χ4n) is 2.19. The van der Waals surface area contributed by atoms with E-state index in [2.05, 4.69) is 0 Å². The van der Waals surface area contributed by atoms with Crippen molar-refractivity contribution in [3.8, 4) is 5.75 Å². The Morgan fingerprint density at radius 2 is 2.39 bits per heavy atom. The molecule has 1 heterocycles. The van der Waals surface area contributed by atoms with Crippen molar-refractivity contribution in [1.29, 1.82) is 0 Å². The lowest BCUT2D eigenvalue weighted by Crippen LogP contribution is -2.14. The van der Waals surface area contributed by atoms with E-state index >= 15 is 0 Å². The average Bonchev–Trinajstić information content (AvgIpc) is 2.84. The van der Waals surface area contributed by atoms with Crippen LogP contribution in [0.1, 0.15) is 24.8 Å². The Morgan fingerprint density at radius 3 is 3.06 bits per heavy atom. The van der Waals surface area contributed by atoms with E-state index in [9.17, 15) is 9.18 Å². The summed E-state index contributed by atoms with van der Waals surface area (Å²) < 4.78 is 24.1. The maximum Gasteiger partial charge on any atom is 0.168 e. The maximum atomic E-state index is 13.8. The van der Waals surface area contributed by atoms with Gasteiger partial charge >= 0.3 is 0 Å². The zero-order chi connectivity index (χ0) is 13.0. The number of rotatable bonds is 5. The molecule has 1 aliphatic rings. The summed E-state index contributed by atoms with van der Waals surface area (Å²) in [6.07, 6.45) is 2.42. The fraction of sp³-hybridized carbons (Fsp3) is 0.500. The zero-order valence-electron chi connectivity index (χ0n) is 10.4. The summed E-state index contributed by atoms with van der Waals surface area (Å²) in [5.41, 5.74) is 0.386. The first-order valence-corrected chi connectivity index (χ1v) is 6.15. The first kappa shape index (κ1) is 13.0. The topological polar surface area (TPSA) is 35.5 Å². The van der Waals surface area contributed by atoms with Crippen molar-refractivity contribution in [2.75, 3.05) is 13.7 Å². The van der Waals surface area contributed by atoms with Crippen LogP contribution in [-0.4, -0.2) is 25.6 Å². The summed E-state index contributed by atoms with van der Waals surface area (Å²) in [5.74, 6) is -0.257. The number of hydrogen-bond acceptors (Lipinski definition) is 3. The van der Waals surface area contributed by atoms with Gasteiger partial charge in [-0.15, -0.1) is 0 Å². The van der Waals surface area contributed by atoms with E-state index in [1.54, 1.807) is 18.2 Å². The van der Waals surface area contributed by atoms with Gasteiger partial charge in [0.1, 0.15) is 5.78 Å². The van der Waals surface area contributed by atoms with Gasteiger partial charge in [0, 0.05) is 19.4 Å². The standard InChI is InChI=1S/C14H17FO3/c1-17-13-6-2-4-10(14(13)15)8-11(16)9-12-5-3-7-18-12/h2,4,6,12H,3,5,7-9H2,1H3. The summed E-state index contributed by atoms with van der Waals surface area (Å²) in [6, 6.07) is 4.85. The summed E-state index contributed by atoms with van der Waals surface area (Å²) in [7, 11) is 1.41. The molecule has 0 aliphatic carbocycles. The number of ketones is 1. The number of benzene rings is 1. The van der Waals surface area contributed by atoms with Crippen LogP contribution in [0.15, 0.2) is 18.2 Å². The molecule has 0 saturated carbocycles. The maximum absolute atomic E-state index is 13.8. The number of carbonyl (C=O) groups is 1. The summed E-state index contributed by atoms with van der Waals surface area (Å²) in [5, 5.41) is 0. The van der Waals surface area contributed by atoms with E-state index in [0.717, 1.165) is 19.4 Å². The number of ether oxygens (including phenoxy) is 2. The Hall–Kier alpha value is -1.42. The van der Waals surface area contributed by atoms with Crippen molar-refractivity contribution in [1.82, 2.24) is 0 Å². The van der Waals surface area contributed by atoms with Gasteiger partial charge in [0.15, 0.2) is 11.6 Å². The number of hydrogen-bond donors (Lipinski definition) is 0. The van der Waals surface area contributed by atoms with E-state index in [0.29, 0.717) is 12.0 Å². The third-order valence-corrected chi connectivity index (χ3v) is 3.13. The van der Waals surface area contributed by atoms with Gasteiger partial charge in [0.2, 0.25) is 0 Å². The SMILES string of the molecule is COc1cccc(CC(=O)CC2CCCO2)c1F. The van der Waals surface area contributed by atoms with Gasteiger partial charge in [-0.1, -0.05) is 12.1 Å². The molecule has 1 atom stereocenters. The van der Waals surface area contributed by atoms with Crippen molar-refractivity contribution >= 4 is 5.78 Å². The molecule has 0 radical (unpaired) electrons. The Morgan fingerprint density at radius 1 is 1.56 bits per heavy atom. The Labute approximate surface area is 106 Å². The lowest BCUT2D eigenvalue weighted by atomic mass is 10.0. The highest BCUT2D eigenvalue weighted by molar-refractivity contribution is 5.81. The van der Waals surface area contributed by atoms with E-state index in [-0.39, 0.29) is 24.1 Å². The molecule has 0 bridgehead atoms. The van der Waals surface area contributed by atoms with Crippen LogP contribution >= 0.6 is 0 Å². The van der Waals surface area contributed by atoms with Gasteiger partial charge in [-0.05, 0) is 24.5 Å². The Balaban J connectivity index is 1.98. The van der Waals surface area contributed by atoms with Gasteiger partial charge in [0.05, 0.1) is 13.2 Å². The molecule has 98 valence electrons. The lowest BCUT2D eigenvalue weighted by Gasteiger charge is -2.09. The highest BCUT2D eigenvalue weighted by atomic mass is 19.1. The van der Waals surface area contributed by atoms with E-state index in [1.807, 2.05) is 0 Å². The molecule has 4 heteroatoms. The minimum Gasteiger partial charge on any atom is -0.494 e. The van der Waals surface area contributed by atoms with Crippen LogP contribution in [0.2, 0.25) is 0 Å². The second-order valence-electron chi connectivity index (χ2n) is 4.49. The van der Waals surface area contributed by atoms with Crippen molar-refractivity contribution in [3.63, 3.8) is 0 Å². The second kappa shape index (κ2) is 5.96. The van der Waals surface area contributed by atoms with E-state index < -0.39 is 5.82 Å². The van der Waals surface area contributed by atoms with Crippen LogP contribution in [-0.2, 0) is 16.0 Å². The Kier molecular flexibility index (Phi) is 4.31. The van der Waals surface area contributed by atoms with E-state index in [1.165, 1.54) is 7.11 Å². The monoisotopic (exact) mass is 252 g/mol. The van der Waals surface area contributed by atoms with Crippen molar-refractivity contribution in [3.05, 3.63) is 29.6 Å². The molecule has 0 N–H and O–H groups in total. The lowest BCUT2D eigenvalue weighted by molar-refractivity contribution is -0.120. The minimum atomic E-state index is -0.444.